The standard InChI is InChI=1S/C22H29NO/c1-2-13-22(18-24,14-17-23-15-6-3-7-16-23)21-12-8-10-19-9-4-5-11-20(19)21/h4-5,8-12,18H,2-3,6-7,13-17H2,1H3. The zero-order valence-corrected chi connectivity index (χ0v) is 14.8. The minimum Gasteiger partial charge on any atom is -0.303 e. The van der Waals surface area contributed by atoms with Crippen molar-refractivity contribution in [3.05, 3.63) is 48.0 Å². The quantitative estimate of drug-likeness (QED) is 0.672. The van der Waals surface area contributed by atoms with Crippen LogP contribution in [0.25, 0.3) is 10.8 Å². The number of hydrogen-bond acceptors (Lipinski definition) is 2. The van der Waals surface area contributed by atoms with Gasteiger partial charge in [-0.3, -0.25) is 0 Å². The number of carbonyl (C=O) groups excluding carboxylic acids is 1. The Balaban J connectivity index is 1.93. The van der Waals surface area contributed by atoms with Gasteiger partial charge in [-0.2, -0.15) is 0 Å². The van der Waals surface area contributed by atoms with Crippen LogP contribution in [-0.4, -0.2) is 30.8 Å². The van der Waals surface area contributed by atoms with Crippen LogP contribution in [0.1, 0.15) is 51.0 Å². The summed E-state index contributed by atoms with van der Waals surface area (Å²) in [6.07, 6.45) is 8.08. The molecule has 3 rings (SSSR count). The van der Waals surface area contributed by atoms with Crippen LogP contribution in [0, 0.1) is 0 Å². The van der Waals surface area contributed by atoms with Crippen molar-refractivity contribution < 1.29 is 4.79 Å². The summed E-state index contributed by atoms with van der Waals surface area (Å²) in [4.78, 5) is 14.9. The third-order valence-corrected chi connectivity index (χ3v) is 5.57. The van der Waals surface area contributed by atoms with Gasteiger partial charge >= 0.3 is 0 Å². The molecule has 2 aromatic rings. The van der Waals surface area contributed by atoms with Gasteiger partial charge in [0.05, 0.1) is 5.41 Å². The first kappa shape index (κ1) is 17.2. The fraction of sp³-hybridized carbons (Fsp3) is 0.500. The van der Waals surface area contributed by atoms with Crippen molar-refractivity contribution in [2.24, 2.45) is 0 Å². The molecule has 0 radical (unpaired) electrons. The summed E-state index contributed by atoms with van der Waals surface area (Å²) in [5, 5.41) is 2.47. The van der Waals surface area contributed by atoms with Gasteiger partial charge in [0.25, 0.3) is 0 Å². The molecule has 1 atom stereocenters. The van der Waals surface area contributed by atoms with Gasteiger partial charge in [0.1, 0.15) is 6.29 Å². The molecule has 1 aliphatic rings. The molecule has 1 aliphatic heterocycles. The molecule has 0 bridgehead atoms. The monoisotopic (exact) mass is 323 g/mol. The minimum atomic E-state index is -0.354. The molecule has 1 heterocycles. The number of nitrogens with zero attached hydrogens (tertiary/aromatic N) is 1. The number of hydrogen-bond donors (Lipinski definition) is 0. The van der Waals surface area contributed by atoms with Crippen LogP contribution >= 0.6 is 0 Å². The van der Waals surface area contributed by atoms with Crippen LogP contribution in [0.3, 0.4) is 0 Å². The van der Waals surface area contributed by atoms with E-state index in [4.69, 9.17) is 0 Å². The first-order valence-electron chi connectivity index (χ1n) is 9.46. The van der Waals surface area contributed by atoms with Gasteiger partial charge in [-0.25, -0.2) is 0 Å². The van der Waals surface area contributed by atoms with Crippen molar-refractivity contribution >= 4 is 17.1 Å². The summed E-state index contributed by atoms with van der Waals surface area (Å²) < 4.78 is 0. The summed E-state index contributed by atoms with van der Waals surface area (Å²) in [7, 11) is 0. The van der Waals surface area contributed by atoms with Crippen LogP contribution in [0.5, 0.6) is 0 Å². The van der Waals surface area contributed by atoms with Gasteiger partial charge in [0.2, 0.25) is 0 Å². The molecule has 0 amide bonds. The average Bonchev–Trinajstić information content (AvgIpc) is 2.66. The lowest BCUT2D eigenvalue weighted by Gasteiger charge is -2.34. The number of piperidine rings is 1. The van der Waals surface area contributed by atoms with Crippen LogP contribution < -0.4 is 0 Å². The van der Waals surface area contributed by atoms with Crippen LogP contribution in [0.2, 0.25) is 0 Å². The molecule has 0 aliphatic carbocycles. The van der Waals surface area contributed by atoms with Gasteiger partial charge < -0.3 is 9.69 Å². The Bertz CT molecular complexity index is 669. The molecule has 0 N–H and O–H groups in total. The minimum absolute atomic E-state index is 0.354. The molecule has 0 spiro atoms. The Morgan fingerprint density at radius 1 is 1.00 bits per heavy atom. The van der Waals surface area contributed by atoms with E-state index in [-0.39, 0.29) is 5.41 Å². The predicted molar refractivity (Wildman–Crippen MR) is 102 cm³/mol. The van der Waals surface area contributed by atoms with Crippen molar-refractivity contribution in [3.63, 3.8) is 0 Å². The van der Waals surface area contributed by atoms with E-state index in [9.17, 15) is 4.79 Å². The highest BCUT2D eigenvalue weighted by molar-refractivity contribution is 5.90. The first-order chi connectivity index (χ1) is 11.8. The highest BCUT2D eigenvalue weighted by Crippen LogP contribution is 2.36. The van der Waals surface area contributed by atoms with E-state index < -0.39 is 0 Å². The number of fused-ring (bicyclic) bond motifs is 1. The molecular formula is C22H29NO. The number of rotatable bonds is 7. The summed E-state index contributed by atoms with van der Waals surface area (Å²) in [5.74, 6) is 0. The second-order valence-corrected chi connectivity index (χ2v) is 7.20. The summed E-state index contributed by atoms with van der Waals surface area (Å²) in [5.41, 5.74) is 0.863. The van der Waals surface area contributed by atoms with E-state index in [0.717, 1.165) is 25.8 Å². The van der Waals surface area contributed by atoms with Gasteiger partial charge in [0, 0.05) is 0 Å². The number of likely N-dealkylation sites (tertiary alicyclic amines) is 1. The number of benzene rings is 2. The lowest BCUT2D eigenvalue weighted by Crippen LogP contribution is -2.37. The van der Waals surface area contributed by atoms with E-state index in [1.807, 2.05) is 0 Å². The Morgan fingerprint density at radius 2 is 1.75 bits per heavy atom. The summed E-state index contributed by atoms with van der Waals surface area (Å²) in [6.45, 7) is 5.60. The normalized spacial score (nSPS) is 18.4. The third kappa shape index (κ3) is 3.54. The largest absolute Gasteiger partial charge is 0.303 e. The molecular weight excluding hydrogens is 294 g/mol. The SMILES string of the molecule is CCCC(C=O)(CCN1CCCCC1)c1cccc2ccccc12. The number of carbonyl (C=O) groups is 1. The molecule has 128 valence electrons. The van der Waals surface area contributed by atoms with Crippen LogP contribution in [0.4, 0.5) is 0 Å². The molecule has 0 saturated carbocycles. The fourth-order valence-electron chi connectivity index (χ4n) is 4.22. The Kier molecular flexibility index (Phi) is 5.68. The molecule has 1 fully saturated rings. The van der Waals surface area contributed by atoms with E-state index >= 15 is 0 Å². The maximum Gasteiger partial charge on any atom is 0.130 e. The smallest absolute Gasteiger partial charge is 0.130 e. The van der Waals surface area contributed by atoms with E-state index in [1.54, 1.807) is 0 Å². The fourth-order valence-corrected chi connectivity index (χ4v) is 4.22. The highest BCUT2D eigenvalue weighted by atomic mass is 16.1. The topological polar surface area (TPSA) is 20.3 Å². The van der Waals surface area contributed by atoms with Crippen molar-refractivity contribution in [1.82, 2.24) is 4.90 Å². The van der Waals surface area contributed by atoms with Gasteiger partial charge in [-0.1, -0.05) is 62.2 Å². The van der Waals surface area contributed by atoms with Crippen molar-refractivity contribution in [1.29, 1.82) is 0 Å². The Hall–Kier alpha value is -1.67. The van der Waals surface area contributed by atoms with Gasteiger partial charge in [-0.15, -0.1) is 0 Å². The second-order valence-electron chi connectivity index (χ2n) is 7.20. The lowest BCUT2D eigenvalue weighted by atomic mass is 9.73. The Morgan fingerprint density at radius 3 is 2.50 bits per heavy atom. The molecule has 1 unspecified atom stereocenters. The Labute approximate surface area is 145 Å². The zero-order chi connectivity index (χ0) is 16.8. The molecule has 2 heteroatoms. The van der Waals surface area contributed by atoms with E-state index in [1.165, 1.54) is 55.0 Å². The van der Waals surface area contributed by atoms with E-state index in [2.05, 4.69) is 54.3 Å². The van der Waals surface area contributed by atoms with Crippen LogP contribution in [-0.2, 0) is 10.2 Å². The second kappa shape index (κ2) is 7.94. The predicted octanol–water partition coefficient (Wildman–Crippen LogP) is 4.95. The maximum absolute atomic E-state index is 12.3. The molecule has 2 nitrogen and oxygen atoms in total. The van der Waals surface area contributed by atoms with Crippen molar-refractivity contribution in [2.75, 3.05) is 19.6 Å². The van der Waals surface area contributed by atoms with Crippen molar-refractivity contribution in [3.8, 4) is 0 Å². The average molecular weight is 323 g/mol. The molecule has 2 aromatic carbocycles. The third-order valence-electron chi connectivity index (χ3n) is 5.57. The lowest BCUT2D eigenvalue weighted by molar-refractivity contribution is -0.113. The zero-order valence-electron chi connectivity index (χ0n) is 14.8. The van der Waals surface area contributed by atoms with Gasteiger partial charge in [0.15, 0.2) is 0 Å². The molecule has 1 saturated heterocycles. The summed E-state index contributed by atoms with van der Waals surface area (Å²) in [6, 6.07) is 14.9. The molecule has 24 heavy (non-hydrogen) atoms. The molecule has 0 aromatic heterocycles. The maximum atomic E-state index is 12.3. The highest BCUT2D eigenvalue weighted by Gasteiger charge is 2.33. The van der Waals surface area contributed by atoms with E-state index in [0.29, 0.717) is 0 Å². The summed E-state index contributed by atoms with van der Waals surface area (Å²) >= 11 is 0. The number of aldehydes is 1. The van der Waals surface area contributed by atoms with Crippen LogP contribution in [0.15, 0.2) is 42.5 Å². The first-order valence-corrected chi connectivity index (χ1v) is 9.46. The van der Waals surface area contributed by atoms with Crippen molar-refractivity contribution in [2.45, 2.75) is 50.9 Å². The van der Waals surface area contributed by atoms with Gasteiger partial charge in [-0.05, 0) is 61.7 Å².